The second kappa shape index (κ2) is 13.7. The second-order valence-electron chi connectivity index (χ2n) is 14.2. The van der Waals surface area contributed by atoms with Gasteiger partial charge >= 0.3 is 0 Å². The van der Waals surface area contributed by atoms with Crippen molar-refractivity contribution < 1.29 is 0 Å². The van der Waals surface area contributed by atoms with Crippen LogP contribution in [0.5, 0.6) is 0 Å². The molecule has 5 heterocycles. The molecule has 256 valence electrons. The Kier molecular flexibility index (Phi) is 9.13. The average molecular weight is 663 g/mol. The molecule has 3 aliphatic heterocycles. The fourth-order valence-corrected chi connectivity index (χ4v) is 7.96. The molecule has 8 bridgehead atoms. The van der Waals surface area contributed by atoms with E-state index in [-0.39, 0.29) is 0 Å². The molecule has 6 nitrogen and oxygen atoms in total. The third-order valence-corrected chi connectivity index (χ3v) is 10.1. The highest BCUT2D eigenvalue weighted by Crippen LogP contribution is 2.39. The Labute approximate surface area is 297 Å². The summed E-state index contributed by atoms with van der Waals surface area (Å²) < 4.78 is 0. The van der Waals surface area contributed by atoms with Crippen LogP contribution >= 0.6 is 0 Å². The molecule has 0 saturated heterocycles. The molecule has 0 amide bonds. The van der Waals surface area contributed by atoms with Crippen LogP contribution in [-0.4, -0.2) is 39.6 Å². The van der Waals surface area contributed by atoms with E-state index in [2.05, 4.69) is 148 Å². The van der Waals surface area contributed by atoms with Gasteiger partial charge in [0.15, 0.2) is 0 Å². The van der Waals surface area contributed by atoms with Crippen molar-refractivity contribution >= 4 is 34.5 Å². The fraction of sp³-hybridized carbons (Fsp3) is 0.318. The predicted molar refractivity (Wildman–Crippen MR) is 212 cm³/mol. The molecule has 0 radical (unpaired) electrons. The maximum absolute atomic E-state index is 5.40. The molecular formula is C44H50N6. The van der Waals surface area contributed by atoms with Gasteiger partial charge < -0.3 is 19.8 Å². The van der Waals surface area contributed by atoms with E-state index in [1.165, 1.54) is 44.5 Å². The summed E-state index contributed by atoms with van der Waals surface area (Å²) in [5.41, 5.74) is 16.3. The third-order valence-electron chi connectivity index (χ3n) is 10.1. The molecule has 0 spiro atoms. The minimum absolute atomic E-state index is 0.838. The highest BCUT2D eigenvalue weighted by Gasteiger charge is 2.27. The molecule has 0 fully saturated rings. The molecule has 6 heteroatoms. The fourth-order valence-electron chi connectivity index (χ4n) is 7.96. The van der Waals surface area contributed by atoms with Crippen molar-refractivity contribution in [3.05, 3.63) is 140 Å². The number of rotatable bonds is 8. The van der Waals surface area contributed by atoms with Gasteiger partial charge in [-0.05, 0) is 136 Å². The van der Waals surface area contributed by atoms with Crippen LogP contribution in [0.15, 0.2) is 94.2 Å². The minimum atomic E-state index is 0.838. The van der Waals surface area contributed by atoms with Gasteiger partial charge in [-0.15, -0.1) is 0 Å². The molecule has 0 atom stereocenters. The quantitative estimate of drug-likeness (QED) is 0.197. The van der Waals surface area contributed by atoms with Gasteiger partial charge in [-0.2, -0.15) is 0 Å². The topological polar surface area (TPSA) is 62.8 Å². The van der Waals surface area contributed by atoms with Crippen molar-refractivity contribution in [3.63, 3.8) is 0 Å². The Hall–Kier alpha value is -5.10. The monoisotopic (exact) mass is 662 g/mol. The van der Waals surface area contributed by atoms with Crippen molar-refractivity contribution in [1.29, 1.82) is 0 Å². The lowest BCUT2D eigenvalue weighted by molar-refractivity contribution is 0.574. The second-order valence-corrected chi connectivity index (χ2v) is 14.2. The van der Waals surface area contributed by atoms with Gasteiger partial charge in [-0.3, -0.25) is 0 Å². The summed E-state index contributed by atoms with van der Waals surface area (Å²) in [6.45, 7) is 19.4. The number of hydrogen-bond acceptors (Lipinski definition) is 4. The number of hydrogen-bond donors (Lipinski definition) is 2. The zero-order valence-electron chi connectivity index (χ0n) is 31.0. The highest BCUT2D eigenvalue weighted by molar-refractivity contribution is 6.14. The number of fused-ring (bicyclic) bond motifs is 6. The number of H-pyrrole nitrogens is 2. The number of unbranched alkanes of at least 4 members (excludes halogenated alkanes) is 2. The summed E-state index contributed by atoms with van der Waals surface area (Å²) in [6, 6.07) is 18.0. The molecule has 0 unspecified atom stereocenters. The summed E-state index contributed by atoms with van der Waals surface area (Å²) in [4.78, 5) is 23.3. The number of anilines is 2. The smallest absolute Gasteiger partial charge is 0.134 e. The zero-order valence-corrected chi connectivity index (χ0v) is 31.0. The van der Waals surface area contributed by atoms with E-state index >= 15 is 0 Å². The first-order valence-electron chi connectivity index (χ1n) is 18.3. The largest absolute Gasteiger partial charge is 0.341 e. The van der Waals surface area contributed by atoms with Crippen LogP contribution in [0, 0.1) is 41.5 Å². The maximum Gasteiger partial charge on any atom is 0.134 e. The van der Waals surface area contributed by atoms with Crippen molar-refractivity contribution in [2.45, 2.75) is 81.1 Å². The first-order chi connectivity index (χ1) is 24.2. The lowest BCUT2D eigenvalue weighted by atomic mass is 9.91. The van der Waals surface area contributed by atoms with E-state index in [9.17, 15) is 0 Å². The lowest BCUT2D eigenvalue weighted by Gasteiger charge is -2.23. The molecule has 2 aromatic heterocycles. The zero-order chi connectivity index (χ0) is 35.1. The number of aromatic amines is 2. The summed E-state index contributed by atoms with van der Waals surface area (Å²) >= 11 is 0. The highest BCUT2D eigenvalue weighted by atomic mass is 15.3. The predicted octanol–water partition coefficient (Wildman–Crippen LogP) is 10.7. The summed E-state index contributed by atoms with van der Waals surface area (Å²) in [7, 11) is 0. The Bertz CT molecular complexity index is 1960. The third kappa shape index (κ3) is 6.12. The van der Waals surface area contributed by atoms with Gasteiger partial charge in [-0.1, -0.05) is 62.1 Å². The number of benzene rings is 2. The SMILES string of the molecule is CCCCN1C2=NC(=C(c3c(C)cc(C)cc3C)c3ccc([nH]3)N(CCCC)c3ccc([nH]3)C(c3c(C)cc(C)cc3C)=C3C=CC1=N3)C=C2. The van der Waals surface area contributed by atoms with Crippen LogP contribution in [0.25, 0.3) is 11.1 Å². The van der Waals surface area contributed by atoms with Crippen molar-refractivity contribution in [2.24, 2.45) is 9.98 Å². The summed E-state index contributed by atoms with van der Waals surface area (Å²) in [6.07, 6.45) is 13.0. The molecule has 2 aromatic carbocycles. The van der Waals surface area contributed by atoms with Gasteiger partial charge in [0.1, 0.15) is 23.3 Å². The average Bonchev–Trinajstić information content (AvgIpc) is 3.89. The van der Waals surface area contributed by atoms with Crippen LogP contribution in [-0.2, 0) is 0 Å². The number of nitrogens with zero attached hydrogens (tertiary/aromatic N) is 4. The molecule has 0 aliphatic carbocycles. The molecule has 2 N–H and O–H groups in total. The van der Waals surface area contributed by atoms with Crippen molar-refractivity contribution in [2.75, 3.05) is 18.0 Å². The van der Waals surface area contributed by atoms with Crippen LogP contribution in [0.2, 0.25) is 0 Å². The van der Waals surface area contributed by atoms with Crippen LogP contribution < -0.4 is 4.90 Å². The van der Waals surface area contributed by atoms with E-state index < -0.39 is 0 Å². The van der Waals surface area contributed by atoms with Gasteiger partial charge in [0, 0.05) is 35.6 Å². The van der Waals surface area contributed by atoms with Crippen molar-refractivity contribution in [1.82, 2.24) is 14.9 Å². The van der Waals surface area contributed by atoms with Crippen molar-refractivity contribution in [3.8, 4) is 0 Å². The van der Waals surface area contributed by atoms with Crippen LogP contribution in [0.1, 0.15) is 95.4 Å². The minimum Gasteiger partial charge on any atom is -0.341 e. The van der Waals surface area contributed by atoms with Gasteiger partial charge in [0.2, 0.25) is 0 Å². The number of aliphatic imine (C=N–C) groups is 2. The Morgan fingerprint density at radius 3 is 1.32 bits per heavy atom. The standard InChI is InChI=1S/C44H50N6/c1-9-11-21-49-37-17-13-33(45-37)43(41-29(5)23-27(3)24-30(41)6)35-15-19-39(47-35)50(22-12-10-2)40-20-16-36(48-40)44(34-14-18-38(49)46-34)42-31(7)25-28(4)26-32(42)8/h13-20,23-26,45-46H,9-12,21-22H2,1-8H3. The maximum atomic E-state index is 5.40. The summed E-state index contributed by atoms with van der Waals surface area (Å²) in [5, 5.41) is 0. The number of amidine groups is 2. The van der Waals surface area contributed by atoms with Gasteiger partial charge in [0.25, 0.3) is 0 Å². The number of allylic oxidation sites excluding steroid dienone is 2. The molecule has 0 saturated carbocycles. The van der Waals surface area contributed by atoms with Gasteiger partial charge in [0.05, 0.1) is 11.4 Å². The molecular weight excluding hydrogens is 613 g/mol. The Balaban J connectivity index is 1.52. The van der Waals surface area contributed by atoms with E-state index in [1.807, 2.05) is 0 Å². The van der Waals surface area contributed by atoms with E-state index in [4.69, 9.17) is 9.98 Å². The van der Waals surface area contributed by atoms with Crippen LogP contribution in [0.3, 0.4) is 0 Å². The molecule has 4 aromatic rings. The first-order valence-corrected chi connectivity index (χ1v) is 18.3. The molecule has 50 heavy (non-hydrogen) atoms. The number of aromatic nitrogens is 2. The number of aryl methyl sites for hydroxylation is 6. The van der Waals surface area contributed by atoms with Gasteiger partial charge in [-0.25, -0.2) is 9.98 Å². The van der Waals surface area contributed by atoms with E-state index in [0.717, 1.165) is 96.0 Å². The first kappa shape index (κ1) is 33.4. The Morgan fingerprint density at radius 2 is 0.920 bits per heavy atom. The molecule has 3 aliphatic rings. The Morgan fingerprint density at radius 1 is 0.520 bits per heavy atom. The number of nitrogens with one attached hydrogen (secondary N) is 2. The van der Waals surface area contributed by atoms with E-state index in [1.54, 1.807) is 0 Å². The normalized spacial score (nSPS) is 15.5. The van der Waals surface area contributed by atoms with Crippen LogP contribution in [0.4, 0.5) is 11.6 Å². The molecule has 7 rings (SSSR count). The summed E-state index contributed by atoms with van der Waals surface area (Å²) in [5.74, 6) is 3.96. The lowest BCUT2D eigenvalue weighted by Crippen LogP contribution is -2.34. The van der Waals surface area contributed by atoms with E-state index in [0.29, 0.717) is 0 Å².